The first-order chi connectivity index (χ1) is 6.45. The highest BCUT2D eigenvalue weighted by molar-refractivity contribution is 5.87. The minimum Gasteiger partial charge on any atom is -0.476 e. The number of alkyl halides is 2. The van der Waals surface area contributed by atoms with E-state index in [4.69, 9.17) is 10.8 Å². The van der Waals surface area contributed by atoms with E-state index in [2.05, 4.69) is 4.98 Å². The zero-order chi connectivity index (χ0) is 10.9. The summed E-state index contributed by atoms with van der Waals surface area (Å²) in [5.41, 5.74) is 2.30. The second-order valence-corrected chi connectivity index (χ2v) is 2.40. The van der Waals surface area contributed by atoms with E-state index in [9.17, 15) is 18.0 Å². The molecular formula is C7H5F3N2O2. The van der Waals surface area contributed by atoms with Gasteiger partial charge in [-0.25, -0.2) is 22.9 Å². The van der Waals surface area contributed by atoms with E-state index in [1.807, 2.05) is 0 Å². The van der Waals surface area contributed by atoms with E-state index in [1.54, 1.807) is 0 Å². The Labute approximate surface area is 76.2 Å². The van der Waals surface area contributed by atoms with E-state index in [0.717, 1.165) is 0 Å². The van der Waals surface area contributed by atoms with Crippen molar-refractivity contribution >= 4 is 11.7 Å². The average molecular weight is 206 g/mol. The van der Waals surface area contributed by atoms with Crippen molar-refractivity contribution in [1.82, 2.24) is 4.98 Å². The van der Waals surface area contributed by atoms with E-state index < -0.39 is 35.2 Å². The van der Waals surface area contributed by atoms with Crippen molar-refractivity contribution in [3.63, 3.8) is 0 Å². The zero-order valence-corrected chi connectivity index (χ0v) is 6.67. The highest BCUT2D eigenvalue weighted by Gasteiger charge is 2.21. The Balaban J connectivity index is 3.33. The Bertz CT molecular complexity index is 381. The Morgan fingerprint density at radius 2 is 2.14 bits per heavy atom. The SMILES string of the molecule is Nc1c(C(F)F)cnc(C(=O)O)c1F. The number of pyridine rings is 1. The van der Waals surface area contributed by atoms with Gasteiger partial charge < -0.3 is 10.8 Å². The summed E-state index contributed by atoms with van der Waals surface area (Å²) >= 11 is 0. The predicted molar refractivity (Wildman–Crippen MR) is 40.5 cm³/mol. The minimum atomic E-state index is -2.99. The fourth-order valence-electron chi connectivity index (χ4n) is 0.838. The molecule has 0 aromatic carbocycles. The fraction of sp³-hybridized carbons (Fsp3) is 0.143. The van der Waals surface area contributed by atoms with Crippen LogP contribution < -0.4 is 5.73 Å². The third-order valence-electron chi connectivity index (χ3n) is 1.53. The molecule has 0 saturated carbocycles. The molecular weight excluding hydrogens is 201 g/mol. The monoisotopic (exact) mass is 206 g/mol. The number of carboxylic acids is 1. The molecule has 7 heteroatoms. The number of rotatable bonds is 2. The quantitative estimate of drug-likeness (QED) is 0.767. The number of halogens is 3. The number of anilines is 1. The summed E-state index contributed by atoms with van der Waals surface area (Å²) in [6, 6.07) is 0. The van der Waals surface area contributed by atoms with Crippen LogP contribution in [0, 0.1) is 5.82 Å². The van der Waals surface area contributed by atoms with Crippen LogP contribution in [0.2, 0.25) is 0 Å². The highest BCUT2D eigenvalue weighted by atomic mass is 19.3. The van der Waals surface area contributed by atoms with Crippen molar-refractivity contribution in [2.45, 2.75) is 6.43 Å². The van der Waals surface area contributed by atoms with Gasteiger partial charge in [-0.2, -0.15) is 0 Å². The average Bonchev–Trinajstić information content (AvgIpc) is 2.08. The van der Waals surface area contributed by atoms with Crippen molar-refractivity contribution in [3.8, 4) is 0 Å². The molecule has 1 rings (SSSR count). The lowest BCUT2D eigenvalue weighted by Crippen LogP contribution is -2.09. The summed E-state index contributed by atoms with van der Waals surface area (Å²) in [5.74, 6) is -3.09. The van der Waals surface area contributed by atoms with Gasteiger partial charge in [0, 0.05) is 6.20 Å². The summed E-state index contributed by atoms with van der Waals surface area (Å²) in [7, 11) is 0. The van der Waals surface area contributed by atoms with Gasteiger partial charge in [0.05, 0.1) is 11.3 Å². The number of carboxylic acid groups (broad SMARTS) is 1. The number of hydrogen-bond donors (Lipinski definition) is 2. The van der Waals surface area contributed by atoms with Crippen molar-refractivity contribution in [3.05, 3.63) is 23.3 Å². The lowest BCUT2D eigenvalue weighted by molar-refractivity contribution is 0.0684. The first kappa shape index (κ1) is 10.3. The molecule has 0 saturated heterocycles. The van der Waals surface area contributed by atoms with Gasteiger partial charge in [0.25, 0.3) is 6.43 Å². The van der Waals surface area contributed by atoms with Gasteiger partial charge in [0.2, 0.25) is 0 Å². The minimum absolute atomic E-state index is 0.548. The van der Waals surface area contributed by atoms with Crippen molar-refractivity contribution in [1.29, 1.82) is 0 Å². The first-order valence-corrected chi connectivity index (χ1v) is 3.40. The molecule has 0 aliphatic rings. The Kier molecular flexibility index (Phi) is 2.59. The maximum Gasteiger partial charge on any atom is 0.357 e. The second kappa shape index (κ2) is 3.52. The summed E-state index contributed by atoms with van der Waals surface area (Å²) < 4.78 is 37.2. The summed E-state index contributed by atoms with van der Waals surface area (Å²) in [6.07, 6.45) is -2.44. The first-order valence-electron chi connectivity index (χ1n) is 3.40. The normalized spacial score (nSPS) is 10.6. The van der Waals surface area contributed by atoms with Crippen LogP contribution in [0.4, 0.5) is 18.9 Å². The number of nitrogen functional groups attached to an aromatic ring is 1. The number of aromatic carboxylic acids is 1. The molecule has 0 amide bonds. The molecule has 0 bridgehead atoms. The van der Waals surface area contributed by atoms with Crippen molar-refractivity contribution in [2.24, 2.45) is 0 Å². The third-order valence-corrected chi connectivity index (χ3v) is 1.53. The molecule has 3 N–H and O–H groups in total. The lowest BCUT2D eigenvalue weighted by Gasteiger charge is -2.05. The number of hydrogen-bond acceptors (Lipinski definition) is 3. The van der Waals surface area contributed by atoms with Gasteiger partial charge in [-0.3, -0.25) is 0 Å². The molecule has 0 atom stereocenters. The molecule has 0 aliphatic carbocycles. The maximum absolute atomic E-state index is 13.0. The van der Waals surface area contributed by atoms with Crippen LogP contribution in [0.1, 0.15) is 22.5 Å². The largest absolute Gasteiger partial charge is 0.476 e. The van der Waals surface area contributed by atoms with Gasteiger partial charge in [-0.1, -0.05) is 0 Å². The Morgan fingerprint density at radius 3 is 2.57 bits per heavy atom. The van der Waals surface area contributed by atoms with Crippen LogP contribution >= 0.6 is 0 Å². The standard InChI is InChI=1S/C7H5F3N2O2/c8-3-4(11)2(6(9)10)1-12-5(3)7(13)14/h1,6H,(H2,11,12)(H,13,14). The Morgan fingerprint density at radius 1 is 1.57 bits per heavy atom. The summed E-state index contributed by atoms with van der Waals surface area (Å²) in [5, 5.41) is 8.37. The molecule has 1 heterocycles. The smallest absolute Gasteiger partial charge is 0.357 e. The molecule has 0 radical (unpaired) electrons. The van der Waals surface area contributed by atoms with E-state index in [1.165, 1.54) is 0 Å². The lowest BCUT2D eigenvalue weighted by atomic mass is 10.2. The van der Waals surface area contributed by atoms with Gasteiger partial charge in [0.15, 0.2) is 11.5 Å². The molecule has 4 nitrogen and oxygen atoms in total. The van der Waals surface area contributed by atoms with Gasteiger partial charge in [-0.05, 0) is 0 Å². The van der Waals surface area contributed by atoms with Gasteiger partial charge >= 0.3 is 5.97 Å². The molecule has 1 aromatic heterocycles. The van der Waals surface area contributed by atoms with Gasteiger partial charge in [-0.15, -0.1) is 0 Å². The van der Waals surface area contributed by atoms with Crippen LogP contribution in [0.5, 0.6) is 0 Å². The molecule has 14 heavy (non-hydrogen) atoms. The third kappa shape index (κ3) is 1.61. The maximum atomic E-state index is 13.0. The summed E-state index contributed by atoms with van der Waals surface area (Å²) in [6.45, 7) is 0. The van der Waals surface area contributed by atoms with E-state index >= 15 is 0 Å². The topological polar surface area (TPSA) is 76.2 Å². The predicted octanol–water partition coefficient (Wildman–Crippen LogP) is 1.44. The molecule has 0 spiro atoms. The number of nitrogens with zero attached hydrogens (tertiary/aromatic N) is 1. The zero-order valence-electron chi connectivity index (χ0n) is 6.67. The second-order valence-electron chi connectivity index (χ2n) is 2.40. The van der Waals surface area contributed by atoms with Gasteiger partial charge in [0.1, 0.15) is 0 Å². The highest BCUT2D eigenvalue weighted by Crippen LogP contribution is 2.27. The molecule has 1 aromatic rings. The van der Waals surface area contributed by atoms with Crippen LogP contribution in [-0.4, -0.2) is 16.1 Å². The molecule has 76 valence electrons. The van der Waals surface area contributed by atoms with Crippen LogP contribution in [0.15, 0.2) is 6.20 Å². The van der Waals surface area contributed by atoms with Crippen LogP contribution in [-0.2, 0) is 0 Å². The number of carbonyl (C=O) groups is 1. The number of aromatic nitrogens is 1. The Hall–Kier alpha value is -1.79. The van der Waals surface area contributed by atoms with Crippen LogP contribution in [0.25, 0.3) is 0 Å². The molecule has 0 fully saturated rings. The molecule has 0 unspecified atom stereocenters. The van der Waals surface area contributed by atoms with Crippen molar-refractivity contribution in [2.75, 3.05) is 5.73 Å². The fourth-order valence-corrected chi connectivity index (χ4v) is 0.838. The molecule has 0 aliphatic heterocycles. The van der Waals surface area contributed by atoms with E-state index in [-0.39, 0.29) is 0 Å². The van der Waals surface area contributed by atoms with E-state index in [0.29, 0.717) is 6.20 Å². The van der Waals surface area contributed by atoms with Crippen molar-refractivity contribution < 1.29 is 23.1 Å². The summed E-state index contributed by atoms with van der Waals surface area (Å²) in [4.78, 5) is 13.3. The van der Waals surface area contributed by atoms with Crippen LogP contribution in [0.3, 0.4) is 0 Å². The number of nitrogens with two attached hydrogens (primary N) is 1.